The maximum Gasteiger partial charge on any atom is 0.224 e. The van der Waals surface area contributed by atoms with Crippen molar-refractivity contribution in [1.29, 1.82) is 0 Å². The van der Waals surface area contributed by atoms with Crippen LogP contribution >= 0.6 is 12.4 Å². The Balaban J connectivity index is 0.00000162. The van der Waals surface area contributed by atoms with Gasteiger partial charge >= 0.3 is 0 Å². The lowest BCUT2D eigenvalue weighted by Crippen LogP contribution is -2.46. The van der Waals surface area contributed by atoms with Crippen molar-refractivity contribution in [2.24, 2.45) is 0 Å². The number of carbonyl (C=O) groups excluding carboxylic acids is 1. The summed E-state index contributed by atoms with van der Waals surface area (Å²) in [5.41, 5.74) is 0.714. The highest BCUT2D eigenvalue weighted by molar-refractivity contribution is 5.85. The molecule has 1 aliphatic rings. The van der Waals surface area contributed by atoms with E-state index in [0.29, 0.717) is 5.56 Å². The van der Waals surface area contributed by atoms with Crippen molar-refractivity contribution in [2.45, 2.75) is 25.3 Å². The van der Waals surface area contributed by atoms with Crippen LogP contribution in [0.25, 0.3) is 0 Å². The van der Waals surface area contributed by atoms with E-state index in [0.717, 1.165) is 25.9 Å². The van der Waals surface area contributed by atoms with E-state index in [1.165, 1.54) is 12.1 Å². The smallest absolute Gasteiger partial charge is 0.224 e. The second-order valence-corrected chi connectivity index (χ2v) is 4.42. The third-order valence-corrected chi connectivity index (χ3v) is 2.92. The first kappa shape index (κ1) is 14.9. The van der Waals surface area contributed by atoms with Gasteiger partial charge in [-0.15, -0.1) is 12.4 Å². The lowest BCUT2D eigenvalue weighted by molar-refractivity contribution is -0.121. The van der Waals surface area contributed by atoms with Crippen molar-refractivity contribution in [2.75, 3.05) is 13.1 Å². The Morgan fingerprint density at radius 3 is 3.00 bits per heavy atom. The van der Waals surface area contributed by atoms with Crippen molar-refractivity contribution < 1.29 is 9.18 Å². The first-order chi connectivity index (χ1) is 8.24. The number of amides is 1. The van der Waals surface area contributed by atoms with E-state index in [1.54, 1.807) is 12.1 Å². The Kier molecular flexibility index (Phi) is 6.09. The molecule has 5 heteroatoms. The quantitative estimate of drug-likeness (QED) is 0.879. The van der Waals surface area contributed by atoms with Gasteiger partial charge in [-0.25, -0.2) is 4.39 Å². The fraction of sp³-hybridized carbons (Fsp3) is 0.462. The lowest BCUT2D eigenvalue weighted by atomic mass is 10.1. The summed E-state index contributed by atoms with van der Waals surface area (Å²) in [4.78, 5) is 11.7. The van der Waals surface area contributed by atoms with Gasteiger partial charge in [0.2, 0.25) is 5.91 Å². The van der Waals surface area contributed by atoms with Gasteiger partial charge in [0.05, 0.1) is 6.42 Å². The molecule has 1 saturated heterocycles. The number of hydrogen-bond acceptors (Lipinski definition) is 2. The number of benzene rings is 1. The van der Waals surface area contributed by atoms with Crippen LogP contribution in [0.3, 0.4) is 0 Å². The first-order valence-corrected chi connectivity index (χ1v) is 5.98. The minimum atomic E-state index is -0.297. The number of nitrogens with one attached hydrogen (secondary N) is 2. The van der Waals surface area contributed by atoms with Gasteiger partial charge in [0, 0.05) is 12.6 Å². The van der Waals surface area contributed by atoms with E-state index in [-0.39, 0.29) is 36.6 Å². The van der Waals surface area contributed by atoms with Crippen molar-refractivity contribution >= 4 is 18.3 Å². The van der Waals surface area contributed by atoms with E-state index in [4.69, 9.17) is 0 Å². The molecule has 2 N–H and O–H groups in total. The Morgan fingerprint density at radius 1 is 1.50 bits per heavy atom. The predicted molar refractivity (Wildman–Crippen MR) is 71.4 cm³/mol. The molecule has 0 unspecified atom stereocenters. The number of rotatable bonds is 3. The van der Waals surface area contributed by atoms with Gasteiger partial charge in [-0.3, -0.25) is 4.79 Å². The zero-order valence-electron chi connectivity index (χ0n) is 10.1. The molecule has 1 heterocycles. The Labute approximate surface area is 113 Å². The summed E-state index contributed by atoms with van der Waals surface area (Å²) in [6, 6.07) is 6.39. The maximum absolute atomic E-state index is 12.9. The van der Waals surface area contributed by atoms with Crippen molar-refractivity contribution in [1.82, 2.24) is 10.6 Å². The molecule has 1 aromatic carbocycles. The molecule has 1 aliphatic heterocycles. The number of hydrogen-bond donors (Lipinski definition) is 2. The zero-order valence-corrected chi connectivity index (χ0v) is 10.9. The van der Waals surface area contributed by atoms with Gasteiger partial charge < -0.3 is 10.6 Å². The van der Waals surface area contributed by atoms with Crippen LogP contribution in [0.4, 0.5) is 4.39 Å². The monoisotopic (exact) mass is 272 g/mol. The third-order valence-electron chi connectivity index (χ3n) is 2.92. The minimum Gasteiger partial charge on any atom is -0.352 e. The van der Waals surface area contributed by atoms with Crippen LogP contribution in [0.5, 0.6) is 0 Å². The SMILES string of the molecule is Cl.O=C(Cc1cccc(F)c1)N[C@H]1CCCNC1. The van der Waals surface area contributed by atoms with E-state index in [1.807, 2.05) is 0 Å². The minimum absolute atomic E-state index is 0. The van der Waals surface area contributed by atoms with Gasteiger partial charge in [-0.1, -0.05) is 12.1 Å². The predicted octanol–water partition coefficient (Wildman–Crippen LogP) is 1.66. The number of carbonyl (C=O) groups is 1. The summed E-state index contributed by atoms with van der Waals surface area (Å²) < 4.78 is 12.9. The molecule has 0 aliphatic carbocycles. The van der Waals surface area contributed by atoms with Crippen molar-refractivity contribution in [3.63, 3.8) is 0 Å². The second kappa shape index (κ2) is 7.34. The normalized spacial score (nSPS) is 18.8. The molecule has 0 radical (unpaired) electrons. The van der Waals surface area contributed by atoms with Crippen LogP contribution in [0.1, 0.15) is 18.4 Å². The van der Waals surface area contributed by atoms with Crippen LogP contribution in [-0.4, -0.2) is 25.0 Å². The van der Waals surface area contributed by atoms with E-state index in [9.17, 15) is 9.18 Å². The molecular weight excluding hydrogens is 255 g/mol. The average Bonchev–Trinajstić information content (AvgIpc) is 2.30. The molecule has 100 valence electrons. The highest BCUT2D eigenvalue weighted by Crippen LogP contribution is 2.06. The molecule has 0 spiro atoms. The maximum atomic E-state index is 12.9. The fourth-order valence-electron chi connectivity index (χ4n) is 2.09. The Morgan fingerprint density at radius 2 is 2.33 bits per heavy atom. The highest BCUT2D eigenvalue weighted by Gasteiger charge is 2.15. The van der Waals surface area contributed by atoms with Crippen LogP contribution in [0.15, 0.2) is 24.3 Å². The average molecular weight is 273 g/mol. The molecular formula is C13H18ClFN2O. The number of halogens is 2. The van der Waals surface area contributed by atoms with Gasteiger partial charge in [0.25, 0.3) is 0 Å². The van der Waals surface area contributed by atoms with Gasteiger partial charge in [-0.05, 0) is 37.1 Å². The summed E-state index contributed by atoms with van der Waals surface area (Å²) in [6.45, 7) is 1.85. The third kappa shape index (κ3) is 4.63. The van der Waals surface area contributed by atoms with Crippen molar-refractivity contribution in [3.05, 3.63) is 35.6 Å². The molecule has 2 rings (SSSR count). The molecule has 0 aromatic heterocycles. The molecule has 0 saturated carbocycles. The zero-order chi connectivity index (χ0) is 12.1. The summed E-state index contributed by atoms with van der Waals surface area (Å²) in [6.07, 6.45) is 2.35. The van der Waals surface area contributed by atoms with Gasteiger partial charge in [0.1, 0.15) is 5.82 Å². The van der Waals surface area contributed by atoms with E-state index >= 15 is 0 Å². The Hall–Kier alpha value is -1.13. The summed E-state index contributed by atoms with van der Waals surface area (Å²) >= 11 is 0. The van der Waals surface area contributed by atoms with Crippen molar-refractivity contribution in [3.8, 4) is 0 Å². The molecule has 1 aromatic rings. The molecule has 1 amide bonds. The molecule has 3 nitrogen and oxygen atoms in total. The summed E-state index contributed by atoms with van der Waals surface area (Å²) in [5.74, 6) is -0.334. The molecule has 1 atom stereocenters. The van der Waals surface area contributed by atoms with Crippen LogP contribution in [0, 0.1) is 5.82 Å². The van der Waals surface area contributed by atoms with Gasteiger partial charge in [-0.2, -0.15) is 0 Å². The summed E-state index contributed by atoms with van der Waals surface area (Å²) in [5, 5.41) is 6.20. The first-order valence-electron chi connectivity index (χ1n) is 5.98. The Bertz CT molecular complexity index is 394. The van der Waals surface area contributed by atoms with Gasteiger partial charge in [0.15, 0.2) is 0 Å². The highest BCUT2D eigenvalue weighted by atomic mass is 35.5. The molecule has 1 fully saturated rings. The largest absolute Gasteiger partial charge is 0.352 e. The summed E-state index contributed by atoms with van der Waals surface area (Å²) in [7, 11) is 0. The van der Waals surface area contributed by atoms with Crippen LogP contribution < -0.4 is 10.6 Å². The molecule has 0 bridgehead atoms. The van der Waals surface area contributed by atoms with E-state index < -0.39 is 0 Å². The fourth-order valence-corrected chi connectivity index (χ4v) is 2.09. The number of piperidine rings is 1. The topological polar surface area (TPSA) is 41.1 Å². The van der Waals surface area contributed by atoms with Crippen LogP contribution in [-0.2, 0) is 11.2 Å². The molecule has 18 heavy (non-hydrogen) atoms. The van der Waals surface area contributed by atoms with E-state index in [2.05, 4.69) is 10.6 Å². The lowest BCUT2D eigenvalue weighted by Gasteiger charge is -2.23. The van der Waals surface area contributed by atoms with Crippen LogP contribution in [0.2, 0.25) is 0 Å². The standard InChI is InChI=1S/C13H17FN2O.ClH/c14-11-4-1-3-10(7-11)8-13(17)16-12-5-2-6-15-9-12;/h1,3-4,7,12,15H,2,5-6,8-9H2,(H,16,17);1H/t12-;/m0./s1. The second-order valence-electron chi connectivity index (χ2n) is 4.42.